The fourth-order valence-electron chi connectivity index (χ4n) is 12.2. The van der Waals surface area contributed by atoms with Crippen molar-refractivity contribution in [2.45, 2.75) is 134 Å². The van der Waals surface area contributed by atoms with Gasteiger partial charge in [-0.05, 0) is 113 Å². The molecule has 4 amide bonds. The second-order valence-electron chi connectivity index (χ2n) is 21.4. The van der Waals surface area contributed by atoms with Gasteiger partial charge in [0.2, 0.25) is 18.0 Å². The highest BCUT2D eigenvalue weighted by atomic mass is 32.1. The van der Waals surface area contributed by atoms with E-state index in [1.54, 1.807) is 28.6 Å². The van der Waals surface area contributed by atoms with Crippen LogP contribution in [0.15, 0.2) is 55.0 Å². The van der Waals surface area contributed by atoms with Crippen molar-refractivity contribution in [2.24, 2.45) is 17.8 Å². The molecule has 5 fully saturated rings. The molecule has 4 aliphatic heterocycles. The van der Waals surface area contributed by atoms with Gasteiger partial charge in [-0.3, -0.25) is 14.2 Å². The third-order valence-corrected chi connectivity index (χ3v) is 17.2. The van der Waals surface area contributed by atoms with Crippen LogP contribution >= 0.6 is 11.3 Å². The number of benzene rings is 2. The number of carbonyl (C=O) groups excluding carboxylic acids is 4. The number of fused-ring (bicyclic) bond motifs is 6. The smallest absolute Gasteiger partial charge is 0.407 e. The number of rotatable bonds is 12. The molecular formula is C54H61FN10O8S. The summed E-state index contributed by atoms with van der Waals surface area (Å²) in [5, 5.41) is 7.53. The van der Waals surface area contributed by atoms with Crippen LogP contribution in [0.1, 0.15) is 125 Å². The Morgan fingerprint density at radius 2 is 1.54 bits per heavy atom. The molecule has 74 heavy (non-hydrogen) atoms. The molecular weight excluding hydrogens is 968 g/mol. The number of alkyl carbamates (subject to hydrolysis) is 2. The first-order valence-corrected chi connectivity index (χ1v) is 26.8. The van der Waals surface area contributed by atoms with E-state index < -0.39 is 36.3 Å². The van der Waals surface area contributed by atoms with Crippen molar-refractivity contribution in [2.75, 3.05) is 20.8 Å². The van der Waals surface area contributed by atoms with Crippen molar-refractivity contribution in [3.05, 3.63) is 82.3 Å². The highest BCUT2D eigenvalue weighted by molar-refractivity contribution is 7.11. The molecule has 388 valence electrons. The number of amides is 4. The predicted molar refractivity (Wildman–Crippen MR) is 271 cm³/mol. The number of aromatic amines is 2. The molecule has 0 bridgehead atoms. The zero-order valence-electron chi connectivity index (χ0n) is 42.2. The average molecular weight is 1030 g/mol. The Hall–Kier alpha value is -6.80. The number of nitrogens with zero attached hydrogens (tertiary/aromatic N) is 6. The zero-order valence-corrected chi connectivity index (χ0v) is 43.0. The van der Waals surface area contributed by atoms with Crippen molar-refractivity contribution in [3.8, 4) is 39.5 Å². The molecule has 3 saturated heterocycles. The number of ether oxygens (including phenoxy) is 4. The molecule has 2 aliphatic carbocycles. The number of H-pyrrole nitrogens is 2. The number of imidazole rings is 2. The summed E-state index contributed by atoms with van der Waals surface area (Å²) in [6.07, 6.45) is 9.92. The number of carbonyl (C=O) groups is 4. The number of hydrogen-bond donors (Lipinski definition) is 4. The van der Waals surface area contributed by atoms with E-state index in [0.717, 1.165) is 64.1 Å². The Labute approximate surface area is 431 Å². The quantitative estimate of drug-likeness (QED) is 0.0908. The second-order valence-corrected chi connectivity index (χ2v) is 22.5. The lowest BCUT2D eigenvalue weighted by Crippen LogP contribution is -2.55. The fourth-order valence-corrected chi connectivity index (χ4v) is 13.3. The van der Waals surface area contributed by atoms with Crippen molar-refractivity contribution < 1.29 is 42.5 Å². The van der Waals surface area contributed by atoms with E-state index in [4.69, 9.17) is 33.9 Å². The second kappa shape index (κ2) is 18.8. The van der Waals surface area contributed by atoms with Crippen LogP contribution in [-0.2, 0) is 23.8 Å². The van der Waals surface area contributed by atoms with Crippen LogP contribution in [0, 0.1) is 23.6 Å². The van der Waals surface area contributed by atoms with E-state index in [9.17, 15) is 19.2 Å². The Morgan fingerprint density at radius 1 is 0.824 bits per heavy atom. The van der Waals surface area contributed by atoms with Gasteiger partial charge in [0, 0.05) is 41.2 Å². The van der Waals surface area contributed by atoms with Crippen LogP contribution in [0.3, 0.4) is 0 Å². The number of aromatic nitrogens is 6. The van der Waals surface area contributed by atoms with Gasteiger partial charge < -0.3 is 49.3 Å². The maximum Gasteiger partial charge on any atom is 0.407 e. The maximum atomic E-state index is 17.0. The van der Waals surface area contributed by atoms with E-state index in [1.165, 1.54) is 20.3 Å². The minimum Gasteiger partial charge on any atom is -0.464 e. The van der Waals surface area contributed by atoms with Gasteiger partial charge in [0.25, 0.3) is 0 Å². The Balaban J connectivity index is 0.849. The van der Waals surface area contributed by atoms with Gasteiger partial charge in [0.1, 0.15) is 35.3 Å². The molecule has 12 rings (SSSR count). The Morgan fingerprint density at radius 3 is 2.26 bits per heavy atom. The van der Waals surface area contributed by atoms with Gasteiger partial charge in [-0.25, -0.2) is 28.9 Å². The molecule has 6 aromatic rings. The van der Waals surface area contributed by atoms with Crippen LogP contribution in [0.2, 0.25) is 0 Å². The summed E-state index contributed by atoms with van der Waals surface area (Å²) in [5.41, 5.74) is 4.60. The minimum absolute atomic E-state index is 0.0487. The number of hydrogen-bond acceptors (Lipinski definition) is 12. The van der Waals surface area contributed by atoms with Crippen molar-refractivity contribution >= 4 is 46.2 Å². The highest BCUT2D eigenvalue weighted by Crippen LogP contribution is 2.54. The first kappa shape index (κ1) is 48.2. The van der Waals surface area contributed by atoms with E-state index >= 15 is 4.39 Å². The molecule has 10 atom stereocenters. The van der Waals surface area contributed by atoms with Gasteiger partial charge in [0.05, 0.1) is 89.0 Å². The number of methoxy groups -OCH3 is 2. The van der Waals surface area contributed by atoms with E-state index in [0.29, 0.717) is 77.6 Å². The third kappa shape index (κ3) is 8.66. The molecule has 4 N–H and O–H groups in total. The van der Waals surface area contributed by atoms with E-state index in [1.807, 2.05) is 63.1 Å². The first-order valence-electron chi connectivity index (χ1n) is 25.9. The maximum absolute atomic E-state index is 17.0. The van der Waals surface area contributed by atoms with Gasteiger partial charge in [-0.2, -0.15) is 0 Å². The normalized spacial score (nSPS) is 25.7. The van der Waals surface area contributed by atoms with Crippen LogP contribution in [0.4, 0.5) is 14.0 Å². The molecule has 2 aromatic carbocycles. The fraction of sp³-hybridized carbons (Fsp3) is 0.500. The van der Waals surface area contributed by atoms with E-state index in [-0.39, 0.29) is 54.0 Å². The van der Waals surface area contributed by atoms with Gasteiger partial charge in [-0.1, -0.05) is 19.9 Å². The van der Waals surface area contributed by atoms with Crippen LogP contribution < -0.4 is 15.4 Å². The standard InChI is InChI=1S/C54H61FN10O8S/c1-25(2)45(61-53(68)70-5)50(66)63-13-7-8-38(63)47-56-23-36(60-47)30-17-34(55)44-40-19-31-16-29(11-12-37(31)65(40)52(73-42(44)21-30)43-24-58-49(74-43)28-9-10-28)35-22-57-48(59-35)41-20-32-18-39(32)64(41)51(67)46(62-54(69)71-6)33-14-26(3)72-27(4)15-33/h11-12,16-17,19,21-28,32-33,38-39,41,45-46,52H,7-10,13-15,18,20H2,1-6H3,(H,56,60)(H,57,59)(H,61,68)(H,62,69)/t26-,27+,32-,33?,38+,39?,41+,45+,46?,52?/m1/s1. The monoisotopic (exact) mass is 1030 g/mol. The van der Waals surface area contributed by atoms with Crippen molar-refractivity contribution in [1.29, 1.82) is 0 Å². The molecule has 6 aliphatic rings. The van der Waals surface area contributed by atoms with Crippen molar-refractivity contribution in [3.63, 3.8) is 0 Å². The summed E-state index contributed by atoms with van der Waals surface area (Å²) in [6.45, 7) is 8.26. The number of piperidine rings is 1. The first-order chi connectivity index (χ1) is 35.7. The molecule has 18 nitrogen and oxygen atoms in total. The summed E-state index contributed by atoms with van der Waals surface area (Å²) in [4.78, 5) is 79.4. The van der Waals surface area contributed by atoms with Crippen LogP contribution in [0.25, 0.3) is 44.7 Å². The molecule has 4 aromatic heterocycles. The van der Waals surface area contributed by atoms with Crippen LogP contribution in [-0.4, -0.2) is 114 Å². The lowest BCUT2D eigenvalue weighted by atomic mass is 9.85. The molecule has 20 heteroatoms. The van der Waals surface area contributed by atoms with Crippen molar-refractivity contribution in [1.82, 2.24) is 49.9 Å². The number of nitrogens with one attached hydrogen (secondary N) is 4. The summed E-state index contributed by atoms with van der Waals surface area (Å²) >= 11 is 1.62. The molecule has 2 saturated carbocycles. The zero-order chi connectivity index (χ0) is 51.3. The summed E-state index contributed by atoms with van der Waals surface area (Å²) in [5.74, 6) is 1.33. The molecule has 0 radical (unpaired) electrons. The molecule has 8 heterocycles. The number of halogens is 1. The number of thiazole rings is 1. The summed E-state index contributed by atoms with van der Waals surface area (Å²) in [6, 6.07) is 9.35. The Bertz CT molecular complexity index is 3170. The van der Waals surface area contributed by atoms with Gasteiger partial charge in [0.15, 0.2) is 0 Å². The molecule has 0 spiro atoms. The third-order valence-electron chi connectivity index (χ3n) is 16.0. The SMILES string of the molecule is COC(=O)NC(C(=O)N1C2C[C@@H]2C[C@H]1c1ncc(-c2ccc3c(c2)cc2n3C(c3cnc(C4CC4)s3)Oc3cc(-c4cnc([C@@H]5CCCN5C(=O)[C@@H](NC(=O)OC)C(C)C)[nH]4)cc(F)c3-2)[nH]1)C1C[C@@H](C)O[C@@H](C)C1. The van der Waals surface area contributed by atoms with Gasteiger partial charge in [-0.15, -0.1) is 11.3 Å². The molecule has 4 unspecified atom stereocenters. The average Bonchev–Trinajstić information content (AvgIpc) is 3.86. The lowest BCUT2D eigenvalue weighted by molar-refractivity contribution is -0.140. The summed E-state index contributed by atoms with van der Waals surface area (Å²) < 4.78 is 41.8. The highest BCUT2D eigenvalue weighted by Gasteiger charge is 2.57. The largest absolute Gasteiger partial charge is 0.464 e. The lowest BCUT2D eigenvalue weighted by Gasteiger charge is -2.38. The Kier molecular flexibility index (Phi) is 12.3. The van der Waals surface area contributed by atoms with E-state index in [2.05, 4.69) is 31.2 Å². The van der Waals surface area contributed by atoms with Crippen LogP contribution in [0.5, 0.6) is 5.75 Å². The number of likely N-dealkylation sites (tertiary alicyclic amines) is 2. The summed E-state index contributed by atoms with van der Waals surface area (Å²) in [7, 11) is 2.58. The van der Waals surface area contributed by atoms with Gasteiger partial charge >= 0.3 is 12.2 Å². The predicted octanol–water partition coefficient (Wildman–Crippen LogP) is 9.14. The minimum atomic E-state index is -0.775. The topological polar surface area (TPSA) is 211 Å².